The molecule has 3 aliphatic rings. The highest BCUT2D eigenvalue weighted by Gasteiger charge is 2.31. The fourth-order valence-corrected chi connectivity index (χ4v) is 5.59. The minimum absolute atomic E-state index is 0.350. The predicted octanol–water partition coefficient (Wildman–Crippen LogP) is 6.54. The maximum absolute atomic E-state index is 6.16. The maximum atomic E-state index is 6.16. The van der Waals surface area contributed by atoms with Gasteiger partial charge in [-0.2, -0.15) is 0 Å². The van der Waals surface area contributed by atoms with Gasteiger partial charge in [0, 0.05) is 6.61 Å². The van der Waals surface area contributed by atoms with Crippen LogP contribution in [0.5, 0.6) is 0 Å². The van der Waals surface area contributed by atoms with Gasteiger partial charge in [0.2, 0.25) is 0 Å². The zero-order valence-corrected chi connectivity index (χ0v) is 17.3. The summed E-state index contributed by atoms with van der Waals surface area (Å²) in [6.07, 6.45) is 22.6. The molecule has 0 aromatic heterocycles. The van der Waals surface area contributed by atoms with Crippen molar-refractivity contribution in [3.05, 3.63) is 12.2 Å². The Balaban J connectivity index is 1.33. The SMILES string of the molecule is CCCC1CCC(C=CC2CCC(C3CCC(OCC)CO3)CC2)CC1. The summed E-state index contributed by atoms with van der Waals surface area (Å²) >= 11 is 0. The molecule has 0 aromatic rings. The Labute approximate surface area is 162 Å². The zero-order valence-electron chi connectivity index (χ0n) is 17.3. The first kappa shape index (κ1) is 20.4. The summed E-state index contributed by atoms with van der Waals surface area (Å²) in [6, 6.07) is 0. The second kappa shape index (κ2) is 10.9. The van der Waals surface area contributed by atoms with E-state index in [1.807, 2.05) is 0 Å². The molecule has 1 aliphatic heterocycles. The first-order valence-electron chi connectivity index (χ1n) is 11.7. The van der Waals surface area contributed by atoms with Crippen molar-refractivity contribution in [2.45, 2.75) is 103 Å². The van der Waals surface area contributed by atoms with E-state index in [1.54, 1.807) is 0 Å². The lowest BCUT2D eigenvalue weighted by Crippen LogP contribution is -2.37. The molecule has 0 amide bonds. The van der Waals surface area contributed by atoms with Gasteiger partial charge in [0.15, 0.2) is 0 Å². The van der Waals surface area contributed by atoms with E-state index >= 15 is 0 Å². The molecule has 2 unspecified atom stereocenters. The van der Waals surface area contributed by atoms with Gasteiger partial charge in [-0.05, 0) is 94.8 Å². The van der Waals surface area contributed by atoms with Crippen LogP contribution in [0.15, 0.2) is 12.2 Å². The quantitative estimate of drug-likeness (QED) is 0.479. The molecular formula is C24H42O2. The molecule has 2 atom stereocenters. The molecule has 1 saturated heterocycles. The average Bonchev–Trinajstić information content (AvgIpc) is 2.69. The number of rotatable bonds is 7. The monoisotopic (exact) mass is 362 g/mol. The number of ether oxygens (including phenoxy) is 2. The van der Waals surface area contributed by atoms with E-state index in [4.69, 9.17) is 9.47 Å². The third-order valence-electron chi connectivity index (χ3n) is 7.26. The normalized spacial score (nSPS) is 39.3. The summed E-state index contributed by atoms with van der Waals surface area (Å²) in [4.78, 5) is 0. The minimum atomic E-state index is 0.350. The van der Waals surface area contributed by atoms with Crippen molar-refractivity contribution >= 4 is 0 Å². The van der Waals surface area contributed by atoms with Crippen LogP contribution in [0.3, 0.4) is 0 Å². The van der Waals surface area contributed by atoms with Gasteiger partial charge in [-0.3, -0.25) is 0 Å². The van der Waals surface area contributed by atoms with Crippen LogP contribution in [-0.2, 0) is 9.47 Å². The first-order chi connectivity index (χ1) is 12.8. The second-order valence-electron chi connectivity index (χ2n) is 9.16. The summed E-state index contributed by atoms with van der Waals surface area (Å²) < 4.78 is 11.9. The molecule has 0 aromatic carbocycles. The molecule has 26 heavy (non-hydrogen) atoms. The zero-order chi connectivity index (χ0) is 18.2. The molecule has 0 spiro atoms. The van der Waals surface area contributed by atoms with Gasteiger partial charge in [0.05, 0.1) is 18.8 Å². The van der Waals surface area contributed by atoms with E-state index in [0.717, 1.165) is 36.9 Å². The molecule has 150 valence electrons. The van der Waals surface area contributed by atoms with Crippen molar-refractivity contribution in [1.82, 2.24) is 0 Å². The summed E-state index contributed by atoms with van der Waals surface area (Å²) in [5.41, 5.74) is 0. The van der Waals surface area contributed by atoms with E-state index in [2.05, 4.69) is 26.0 Å². The van der Waals surface area contributed by atoms with Crippen LogP contribution in [-0.4, -0.2) is 25.4 Å². The molecule has 2 aliphatic carbocycles. The van der Waals surface area contributed by atoms with Crippen LogP contribution in [0.4, 0.5) is 0 Å². The largest absolute Gasteiger partial charge is 0.376 e. The van der Waals surface area contributed by atoms with Crippen molar-refractivity contribution in [3.8, 4) is 0 Å². The molecule has 2 saturated carbocycles. The molecule has 0 N–H and O–H groups in total. The second-order valence-corrected chi connectivity index (χ2v) is 9.16. The third kappa shape index (κ3) is 6.09. The highest BCUT2D eigenvalue weighted by atomic mass is 16.5. The highest BCUT2D eigenvalue weighted by Crippen LogP contribution is 2.37. The maximum Gasteiger partial charge on any atom is 0.0809 e. The van der Waals surface area contributed by atoms with E-state index < -0.39 is 0 Å². The standard InChI is InChI=1S/C24H42O2/c1-3-5-19-6-8-20(9-7-19)10-11-21-12-14-22(15-13-21)24-17-16-23(18-26-24)25-4-2/h10-11,19-24H,3-9,12-18H2,1-2H3. The van der Waals surface area contributed by atoms with Gasteiger partial charge in [-0.1, -0.05) is 31.9 Å². The number of allylic oxidation sites excluding steroid dienone is 2. The van der Waals surface area contributed by atoms with Gasteiger partial charge in [-0.15, -0.1) is 0 Å². The minimum Gasteiger partial charge on any atom is -0.376 e. The molecule has 2 nitrogen and oxygen atoms in total. The van der Waals surface area contributed by atoms with Gasteiger partial charge in [-0.25, -0.2) is 0 Å². The number of hydrogen-bond acceptors (Lipinski definition) is 2. The summed E-state index contributed by atoms with van der Waals surface area (Å²) in [7, 11) is 0. The Hall–Kier alpha value is -0.340. The molecule has 0 bridgehead atoms. The Kier molecular flexibility index (Phi) is 8.52. The Bertz CT molecular complexity index is 394. The van der Waals surface area contributed by atoms with Crippen LogP contribution in [0.25, 0.3) is 0 Å². The lowest BCUT2D eigenvalue weighted by atomic mass is 9.76. The fourth-order valence-electron chi connectivity index (χ4n) is 5.59. The predicted molar refractivity (Wildman–Crippen MR) is 109 cm³/mol. The molecule has 0 radical (unpaired) electrons. The van der Waals surface area contributed by atoms with Crippen molar-refractivity contribution < 1.29 is 9.47 Å². The van der Waals surface area contributed by atoms with Crippen LogP contribution < -0.4 is 0 Å². The van der Waals surface area contributed by atoms with Gasteiger partial charge >= 0.3 is 0 Å². The van der Waals surface area contributed by atoms with E-state index in [1.165, 1.54) is 77.0 Å². The lowest BCUT2D eigenvalue weighted by Gasteiger charge is -2.37. The van der Waals surface area contributed by atoms with Crippen molar-refractivity contribution in [3.63, 3.8) is 0 Å². The first-order valence-corrected chi connectivity index (χ1v) is 11.7. The van der Waals surface area contributed by atoms with Gasteiger partial charge in [0.25, 0.3) is 0 Å². The van der Waals surface area contributed by atoms with Crippen LogP contribution in [0.1, 0.15) is 90.9 Å². The van der Waals surface area contributed by atoms with E-state index in [-0.39, 0.29) is 0 Å². The van der Waals surface area contributed by atoms with E-state index in [9.17, 15) is 0 Å². The lowest BCUT2D eigenvalue weighted by molar-refractivity contribution is -0.105. The summed E-state index contributed by atoms with van der Waals surface area (Å²) in [6.45, 7) is 6.05. The molecule has 3 rings (SSSR count). The highest BCUT2D eigenvalue weighted by molar-refractivity contribution is 4.97. The Morgan fingerprint density at radius 1 is 0.808 bits per heavy atom. The van der Waals surface area contributed by atoms with Crippen molar-refractivity contribution in [2.24, 2.45) is 23.7 Å². The van der Waals surface area contributed by atoms with Crippen molar-refractivity contribution in [1.29, 1.82) is 0 Å². The molecular weight excluding hydrogens is 320 g/mol. The Morgan fingerprint density at radius 3 is 2.00 bits per heavy atom. The summed E-state index contributed by atoms with van der Waals surface area (Å²) in [5.74, 6) is 3.53. The smallest absolute Gasteiger partial charge is 0.0809 e. The van der Waals surface area contributed by atoms with Crippen LogP contribution in [0, 0.1) is 23.7 Å². The van der Waals surface area contributed by atoms with Crippen LogP contribution in [0.2, 0.25) is 0 Å². The molecule has 2 heteroatoms. The van der Waals surface area contributed by atoms with Gasteiger partial charge in [0.1, 0.15) is 0 Å². The Morgan fingerprint density at radius 2 is 1.46 bits per heavy atom. The topological polar surface area (TPSA) is 18.5 Å². The van der Waals surface area contributed by atoms with Gasteiger partial charge < -0.3 is 9.47 Å². The number of hydrogen-bond donors (Lipinski definition) is 0. The third-order valence-corrected chi connectivity index (χ3v) is 7.26. The van der Waals surface area contributed by atoms with E-state index in [0.29, 0.717) is 12.2 Å². The average molecular weight is 363 g/mol. The molecule has 1 heterocycles. The van der Waals surface area contributed by atoms with Crippen molar-refractivity contribution in [2.75, 3.05) is 13.2 Å². The summed E-state index contributed by atoms with van der Waals surface area (Å²) in [5, 5.41) is 0. The van der Waals surface area contributed by atoms with Crippen LogP contribution >= 0.6 is 0 Å². The molecule has 3 fully saturated rings. The fraction of sp³-hybridized carbons (Fsp3) is 0.917.